The molecule has 3 rings (SSSR count). The predicted molar refractivity (Wildman–Crippen MR) is 79.1 cm³/mol. The van der Waals surface area contributed by atoms with Gasteiger partial charge in [0.05, 0.1) is 18.4 Å². The zero-order valence-electron chi connectivity index (χ0n) is 11.7. The predicted octanol–water partition coefficient (Wildman–Crippen LogP) is 3.08. The van der Waals surface area contributed by atoms with Crippen LogP contribution < -0.4 is 5.06 Å². The molecule has 4 heteroatoms. The van der Waals surface area contributed by atoms with Crippen molar-refractivity contribution in [3.05, 3.63) is 52.8 Å². The average Bonchev–Trinajstić information content (AvgIpc) is 2.88. The number of hydrogen-bond acceptors (Lipinski definition) is 2. The number of nitrogens with zero attached hydrogens (tertiary/aromatic N) is 1. The molecule has 0 aliphatic carbocycles. The van der Waals surface area contributed by atoms with Crippen molar-refractivity contribution in [2.75, 3.05) is 12.2 Å². The first kappa shape index (κ1) is 12.7. The van der Waals surface area contributed by atoms with Crippen LogP contribution in [-0.4, -0.2) is 18.0 Å². The highest BCUT2D eigenvalue weighted by Gasteiger charge is 2.32. The van der Waals surface area contributed by atoms with Gasteiger partial charge in [-0.15, -0.1) is 0 Å². The van der Waals surface area contributed by atoms with Crippen LogP contribution in [0.4, 0.5) is 5.69 Å². The van der Waals surface area contributed by atoms with E-state index in [2.05, 4.69) is 11.1 Å². The number of carbonyl (C=O) groups excluding carboxylic acids is 1. The van der Waals surface area contributed by atoms with Gasteiger partial charge >= 0.3 is 0 Å². The lowest BCUT2D eigenvalue weighted by molar-refractivity contribution is -0.118. The van der Waals surface area contributed by atoms with Gasteiger partial charge in [-0.25, -0.2) is 0 Å². The van der Waals surface area contributed by atoms with Gasteiger partial charge in [-0.05, 0) is 37.6 Å². The molecule has 4 nitrogen and oxygen atoms in total. The number of aromatic nitrogens is 1. The standard InChI is InChI=1S/C16H16N2O2/c1-10-8-11(2)17-14(10)9-13-12-6-4-5-7-15(12)18(20-3)16(13)19/h4-9,17H,1-3H3. The van der Waals surface area contributed by atoms with Gasteiger partial charge in [0.15, 0.2) is 0 Å². The van der Waals surface area contributed by atoms with Crippen molar-refractivity contribution in [1.29, 1.82) is 0 Å². The second kappa shape index (κ2) is 4.65. The number of rotatable bonds is 2. The minimum Gasteiger partial charge on any atom is -0.359 e. The van der Waals surface area contributed by atoms with E-state index in [4.69, 9.17) is 4.84 Å². The summed E-state index contributed by atoms with van der Waals surface area (Å²) in [5, 5.41) is 1.33. The van der Waals surface area contributed by atoms with Crippen LogP contribution in [0.25, 0.3) is 11.6 Å². The van der Waals surface area contributed by atoms with Gasteiger partial charge in [-0.3, -0.25) is 9.63 Å². The molecular weight excluding hydrogens is 252 g/mol. The highest BCUT2D eigenvalue weighted by atomic mass is 16.7. The molecular formula is C16H16N2O2. The van der Waals surface area contributed by atoms with E-state index in [-0.39, 0.29) is 5.91 Å². The van der Waals surface area contributed by atoms with Gasteiger partial charge in [0, 0.05) is 17.0 Å². The van der Waals surface area contributed by atoms with Gasteiger partial charge in [0.2, 0.25) is 0 Å². The number of carbonyl (C=O) groups is 1. The maximum absolute atomic E-state index is 12.4. The molecule has 2 aromatic rings. The zero-order chi connectivity index (χ0) is 14.3. The van der Waals surface area contributed by atoms with E-state index in [1.165, 1.54) is 12.2 Å². The minimum absolute atomic E-state index is 0.139. The first-order valence-corrected chi connectivity index (χ1v) is 6.47. The molecule has 0 radical (unpaired) electrons. The Labute approximate surface area is 117 Å². The molecule has 0 spiro atoms. The molecule has 0 bridgehead atoms. The third-order valence-corrected chi connectivity index (χ3v) is 3.49. The number of hydroxylamine groups is 1. The number of amides is 1. The topological polar surface area (TPSA) is 45.3 Å². The lowest BCUT2D eigenvalue weighted by atomic mass is 10.1. The summed E-state index contributed by atoms with van der Waals surface area (Å²) in [7, 11) is 1.50. The summed E-state index contributed by atoms with van der Waals surface area (Å²) in [5.74, 6) is -0.139. The fourth-order valence-corrected chi connectivity index (χ4v) is 2.58. The SMILES string of the molecule is CON1C(=O)C(=Cc2[nH]c(C)cc2C)c2ccccc21. The fraction of sp³-hybridized carbons (Fsp3) is 0.188. The molecule has 1 amide bonds. The van der Waals surface area contributed by atoms with Crippen LogP contribution in [0.3, 0.4) is 0 Å². The van der Waals surface area contributed by atoms with Crippen molar-refractivity contribution in [3.63, 3.8) is 0 Å². The Kier molecular flexibility index (Phi) is 2.95. The highest BCUT2D eigenvalue weighted by molar-refractivity contribution is 6.35. The number of nitrogens with one attached hydrogen (secondary N) is 1. The van der Waals surface area contributed by atoms with Crippen LogP contribution >= 0.6 is 0 Å². The number of para-hydroxylation sites is 1. The van der Waals surface area contributed by atoms with Crippen molar-refractivity contribution >= 4 is 23.2 Å². The number of aromatic amines is 1. The Morgan fingerprint density at radius 2 is 2.00 bits per heavy atom. The number of hydrogen-bond donors (Lipinski definition) is 1. The molecule has 0 atom stereocenters. The zero-order valence-corrected chi connectivity index (χ0v) is 11.7. The molecule has 1 N–H and O–H groups in total. The summed E-state index contributed by atoms with van der Waals surface area (Å²) in [6, 6.07) is 9.69. The average molecular weight is 268 g/mol. The second-order valence-corrected chi connectivity index (χ2v) is 4.91. The number of benzene rings is 1. The Hall–Kier alpha value is -2.33. The quantitative estimate of drug-likeness (QED) is 0.851. The molecule has 0 saturated carbocycles. The Bertz CT molecular complexity index is 713. The maximum Gasteiger partial charge on any atom is 0.282 e. The Balaban J connectivity index is 2.15. The van der Waals surface area contributed by atoms with E-state index < -0.39 is 0 Å². The number of anilines is 1. The first-order chi connectivity index (χ1) is 9.61. The maximum atomic E-state index is 12.4. The Morgan fingerprint density at radius 3 is 2.65 bits per heavy atom. The molecule has 1 aliphatic heterocycles. The van der Waals surface area contributed by atoms with E-state index in [9.17, 15) is 4.79 Å². The largest absolute Gasteiger partial charge is 0.359 e. The van der Waals surface area contributed by atoms with Gasteiger partial charge in [-0.2, -0.15) is 5.06 Å². The number of fused-ring (bicyclic) bond motifs is 1. The van der Waals surface area contributed by atoms with Gasteiger partial charge in [-0.1, -0.05) is 18.2 Å². The summed E-state index contributed by atoms with van der Waals surface area (Å²) >= 11 is 0. The normalized spacial score (nSPS) is 16.1. The first-order valence-electron chi connectivity index (χ1n) is 6.47. The third kappa shape index (κ3) is 1.85. The van der Waals surface area contributed by atoms with E-state index in [0.29, 0.717) is 5.57 Å². The fourth-order valence-electron chi connectivity index (χ4n) is 2.58. The molecule has 20 heavy (non-hydrogen) atoms. The molecule has 0 unspecified atom stereocenters. The highest BCUT2D eigenvalue weighted by Crippen LogP contribution is 2.37. The lowest BCUT2D eigenvalue weighted by Gasteiger charge is -2.12. The van der Waals surface area contributed by atoms with Crippen LogP contribution in [0.1, 0.15) is 22.5 Å². The summed E-state index contributed by atoms with van der Waals surface area (Å²) in [6.45, 7) is 4.02. The number of aryl methyl sites for hydroxylation is 2. The van der Waals surface area contributed by atoms with Crippen LogP contribution in [0, 0.1) is 13.8 Å². The molecule has 1 aliphatic rings. The second-order valence-electron chi connectivity index (χ2n) is 4.91. The van der Waals surface area contributed by atoms with Crippen molar-refractivity contribution in [2.45, 2.75) is 13.8 Å². The number of H-pyrrole nitrogens is 1. The van der Waals surface area contributed by atoms with E-state index in [0.717, 1.165) is 28.2 Å². The van der Waals surface area contributed by atoms with Crippen molar-refractivity contribution < 1.29 is 9.63 Å². The van der Waals surface area contributed by atoms with Crippen LogP contribution in [0.15, 0.2) is 30.3 Å². The molecule has 102 valence electrons. The van der Waals surface area contributed by atoms with Gasteiger partial charge in [0.25, 0.3) is 5.91 Å². The van der Waals surface area contributed by atoms with Crippen LogP contribution in [0.5, 0.6) is 0 Å². The molecule has 1 aromatic heterocycles. The van der Waals surface area contributed by atoms with Crippen molar-refractivity contribution in [2.24, 2.45) is 0 Å². The molecule has 1 aromatic carbocycles. The summed E-state index contributed by atoms with van der Waals surface area (Å²) in [4.78, 5) is 20.9. The third-order valence-electron chi connectivity index (χ3n) is 3.49. The molecule has 0 saturated heterocycles. The summed E-state index contributed by atoms with van der Waals surface area (Å²) in [5.41, 5.74) is 5.48. The van der Waals surface area contributed by atoms with Crippen LogP contribution in [-0.2, 0) is 9.63 Å². The molecule has 0 fully saturated rings. The minimum atomic E-state index is -0.139. The van der Waals surface area contributed by atoms with Crippen molar-refractivity contribution in [3.8, 4) is 0 Å². The Morgan fingerprint density at radius 1 is 1.25 bits per heavy atom. The monoisotopic (exact) mass is 268 g/mol. The summed E-state index contributed by atoms with van der Waals surface area (Å²) < 4.78 is 0. The summed E-state index contributed by atoms with van der Waals surface area (Å²) in [6.07, 6.45) is 1.89. The van der Waals surface area contributed by atoms with Crippen LogP contribution in [0.2, 0.25) is 0 Å². The molecule has 2 heterocycles. The van der Waals surface area contributed by atoms with Crippen molar-refractivity contribution in [1.82, 2.24) is 4.98 Å². The smallest absolute Gasteiger partial charge is 0.282 e. The lowest BCUT2D eigenvalue weighted by Crippen LogP contribution is -2.24. The van der Waals surface area contributed by atoms with E-state index in [1.54, 1.807) is 0 Å². The van der Waals surface area contributed by atoms with E-state index >= 15 is 0 Å². The van der Waals surface area contributed by atoms with Gasteiger partial charge < -0.3 is 4.98 Å². The van der Waals surface area contributed by atoms with Gasteiger partial charge in [0.1, 0.15) is 0 Å². The van der Waals surface area contributed by atoms with E-state index in [1.807, 2.05) is 44.2 Å².